The number of rotatable bonds is 5. The number of carbonyl (C=O) groups is 1. The Morgan fingerprint density at radius 1 is 1.38 bits per heavy atom. The van der Waals surface area contributed by atoms with E-state index in [0.29, 0.717) is 37.2 Å². The molecule has 2 heterocycles. The van der Waals surface area contributed by atoms with E-state index < -0.39 is 0 Å². The average Bonchev–Trinajstić information content (AvgIpc) is 3.28. The zero-order valence-corrected chi connectivity index (χ0v) is 13.6. The van der Waals surface area contributed by atoms with Gasteiger partial charge in [-0.1, -0.05) is 17.3 Å². The van der Waals surface area contributed by atoms with Crippen molar-refractivity contribution in [2.45, 2.75) is 31.8 Å². The molecule has 0 bridgehead atoms. The van der Waals surface area contributed by atoms with Crippen molar-refractivity contribution >= 4 is 6.03 Å². The molecule has 1 saturated heterocycles. The normalized spacial score (nSPS) is 17.5. The second-order valence-electron chi connectivity index (χ2n) is 6.21. The molecule has 2 aliphatic rings. The molecule has 1 aliphatic heterocycles. The van der Waals surface area contributed by atoms with E-state index in [1.807, 2.05) is 31.2 Å². The van der Waals surface area contributed by atoms with Gasteiger partial charge >= 0.3 is 6.03 Å². The summed E-state index contributed by atoms with van der Waals surface area (Å²) in [4.78, 5) is 17.9. The minimum absolute atomic E-state index is 0.0143. The third-order valence-corrected chi connectivity index (χ3v) is 4.26. The number of likely N-dealkylation sites (tertiary alicyclic amines) is 1. The van der Waals surface area contributed by atoms with Crippen molar-refractivity contribution in [2.24, 2.45) is 0 Å². The van der Waals surface area contributed by atoms with E-state index in [9.17, 15) is 4.79 Å². The first-order chi connectivity index (χ1) is 11.7. The lowest BCUT2D eigenvalue weighted by molar-refractivity contribution is 0.0449. The lowest BCUT2D eigenvalue weighted by atomic mass is 10.1. The van der Waals surface area contributed by atoms with Crippen molar-refractivity contribution in [1.82, 2.24) is 20.4 Å². The molecule has 1 aromatic carbocycles. The van der Waals surface area contributed by atoms with Crippen LogP contribution in [-0.2, 0) is 0 Å². The number of benzene rings is 1. The van der Waals surface area contributed by atoms with Crippen molar-refractivity contribution in [3.63, 3.8) is 0 Å². The highest BCUT2D eigenvalue weighted by Gasteiger charge is 2.33. The van der Waals surface area contributed by atoms with E-state index in [1.54, 1.807) is 4.90 Å². The van der Waals surface area contributed by atoms with Gasteiger partial charge in [-0.05, 0) is 31.9 Å². The average molecular weight is 328 g/mol. The molecule has 2 amide bonds. The number of amides is 2. The number of para-hydroxylation sites is 1. The Bertz CT molecular complexity index is 735. The van der Waals surface area contributed by atoms with Gasteiger partial charge in [0.25, 0.3) is 5.89 Å². The van der Waals surface area contributed by atoms with E-state index in [4.69, 9.17) is 9.26 Å². The second kappa shape index (κ2) is 6.14. The van der Waals surface area contributed by atoms with Gasteiger partial charge in [0.15, 0.2) is 5.82 Å². The number of aromatic nitrogens is 2. The number of urea groups is 1. The summed E-state index contributed by atoms with van der Waals surface area (Å²) in [7, 11) is 0. The van der Waals surface area contributed by atoms with Crippen molar-refractivity contribution in [3.05, 3.63) is 30.1 Å². The summed E-state index contributed by atoms with van der Waals surface area (Å²) in [6, 6.07) is 7.60. The lowest BCUT2D eigenvalue weighted by Gasteiger charge is -2.38. The Labute approximate surface area is 140 Å². The topological polar surface area (TPSA) is 80.5 Å². The predicted octanol–water partition coefficient (Wildman–Crippen LogP) is 2.41. The summed E-state index contributed by atoms with van der Waals surface area (Å²) in [6.07, 6.45) is 2.25. The van der Waals surface area contributed by atoms with Crippen molar-refractivity contribution in [2.75, 3.05) is 19.6 Å². The molecule has 2 fully saturated rings. The Balaban J connectivity index is 1.44. The summed E-state index contributed by atoms with van der Waals surface area (Å²) >= 11 is 0. The summed E-state index contributed by atoms with van der Waals surface area (Å²) in [5.74, 6) is 2.44. The van der Waals surface area contributed by atoms with Crippen LogP contribution >= 0.6 is 0 Å². The Hall–Kier alpha value is -2.57. The highest BCUT2D eigenvalue weighted by Crippen LogP contribution is 2.39. The van der Waals surface area contributed by atoms with Crippen molar-refractivity contribution in [1.29, 1.82) is 0 Å². The third kappa shape index (κ3) is 2.93. The van der Waals surface area contributed by atoms with E-state index in [0.717, 1.165) is 24.2 Å². The molecule has 7 nitrogen and oxygen atoms in total. The van der Waals surface area contributed by atoms with Gasteiger partial charge in [0.1, 0.15) is 11.9 Å². The van der Waals surface area contributed by atoms with Crippen LogP contribution in [0.15, 0.2) is 28.8 Å². The van der Waals surface area contributed by atoms with Crippen molar-refractivity contribution in [3.8, 4) is 17.2 Å². The van der Waals surface area contributed by atoms with Gasteiger partial charge in [-0.2, -0.15) is 4.98 Å². The molecule has 1 aromatic heterocycles. The van der Waals surface area contributed by atoms with Gasteiger partial charge < -0.3 is 19.5 Å². The Morgan fingerprint density at radius 2 is 2.17 bits per heavy atom. The molecular weight excluding hydrogens is 308 g/mol. The maximum atomic E-state index is 11.7. The second-order valence-corrected chi connectivity index (χ2v) is 6.21. The fourth-order valence-electron chi connectivity index (χ4n) is 2.72. The van der Waals surface area contributed by atoms with Gasteiger partial charge in [-0.25, -0.2) is 4.79 Å². The highest BCUT2D eigenvalue weighted by atomic mass is 16.5. The first kappa shape index (κ1) is 15.0. The van der Waals surface area contributed by atoms with Crippen LogP contribution in [0.4, 0.5) is 4.79 Å². The summed E-state index contributed by atoms with van der Waals surface area (Å²) in [5.41, 5.74) is 0.799. The van der Waals surface area contributed by atoms with Crippen LogP contribution in [0.2, 0.25) is 0 Å². The van der Waals surface area contributed by atoms with E-state index in [-0.39, 0.29) is 12.1 Å². The number of hydrogen-bond donors (Lipinski definition) is 1. The largest absolute Gasteiger partial charge is 0.486 e. The highest BCUT2D eigenvalue weighted by molar-refractivity contribution is 5.75. The van der Waals surface area contributed by atoms with E-state index >= 15 is 0 Å². The molecule has 0 atom stereocenters. The molecule has 0 radical (unpaired) electrons. The zero-order chi connectivity index (χ0) is 16.5. The maximum absolute atomic E-state index is 11.7. The van der Waals surface area contributed by atoms with Crippen LogP contribution in [0, 0.1) is 0 Å². The number of ether oxygens (including phenoxy) is 1. The molecule has 2 aromatic rings. The SMILES string of the molecule is CCNC(=O)N1CC(Oc2ccccc2-c2nc(C3CC3)no2)C1. The number of hydrogen-bond acceptors (Lipinski definition) is 5. The van der Waals surface area contributed by atoms with Gasteiger partial charge in [0, 0.05) is 12.5 Å². The van der Waals surface area contributed by atoms with Crippen LogP contribution in [0.3, 0.4) is 0 Å². The minimum atomic E-state index is -0.0448. The molecule has 1 N–H and O–H groups in total. The zero-order valence-electron chi connectivity index (χ0n) is 13.6. The number of carbonyl (C=O) groups excluding carboxylic acids is 1. The number of nitrogens with zero attached hydrogens (tertiary/aromatic N) is 3. The number of nitrogens with one attached hydrogen (secondary N) is 1. The molecule has 24 heavy (non-hydrogen) atoms. The lowest BCUT2D eigenvalue weighted by Crippen LogP contribution is -2.58. The molecule has 0 spiro atoms. The molecule has 7 heteroatoms. The Kier molecular flexibility index (Phi) is 3.84. The molecule has 126 valence electrons. The van der Waals surface area contributed by atoms with Gasteiger partial charge in [0.2, 0.25) is 0 Å². The molecular formula is C17H20N4O3. The van der Waals surface area contributed by atoms with Crippen LogP contribution in [0.5, 0.6) is 5.75 Å². The standard InChI is InChI=1S/C17H20N4O3/c1-2-18-17(22)21-9-12(10-21)23-14-6-4-3-5-13(14)16-19-15(20-24-16)11-7-8-11/h3-6,11-12H,2,7-10H2,1H3,(H,18,22). The first-order valence-corrected chi connectivity index (χ1v) is 8.37. The Morgan fingerprint density at radius 3 is 2.92 bits per heavy atom. The fourth-order valence-corrected chi connectivity index (χ4v) is 2.72. The predicted molar refractivity (Wildman–Crippen MR) is 86.8 cm³/mol. The van der Waals surface area contributed by atoms with Crippen LogP contribution < -0.4 is 10.1 Å². The molecule has 0 unspecified atom stereocenters. The summed E-state index contributed by atoms with van der Waals surface area (Å²) in [5, 5.41) is 6.85. The smallest absolute Gasteiger partial charge is 0.317 e. The monoisotopic (exact) mass is 328 g/mol. The first-order valence-electron chi connectivity index (χ1n) is 8.37. The summed E-state index contributed by atoms with van der Waals surface area (Å²) in [6.45, 7) is 3.70. The quantitative estimate of drug-likeness (QED) is 0.911. The minimum Gasteiger partial charge on any atom is -0.486 e. The van der Waals surface area contributed by atoms with Gasteiger partial charge in [-0.3, -0.25) is 0 Å². The van der Waals surface area contributed by atoms with Crippen LogP contribution in [0.25, 0.3) is 11.5 Å². The molecule has 1 aliphatic carbocycles. The molecule has 4 rings (SSSR count). The van der Waals surface area contributed by atoms with E-state index in [1.165, 1.54) is 0 Å². The van der Waals surface area contributed by atoms with Crippen LogP contribution in [-0.4, -0.2) is 46.8 Å². The maximum Gasteiger partial charge on any atom is 0.317 e. The molecule has 1 saturated carbocycles. The van der Waals surface area contributed by atoms with E-state index in [2.05, 4.69) is 15.5 Å². The van der Waals surface area contributed by atoms with Crippen molar-refractivity contribution < 1.29 is 14.1 Å². The summed E-state index contributed by atoms with van der Waals surface area (Å²) < 4.78 is 11.4. The van der Waals surface area contributed by atoms with Crippen LogP contribution in [0.1, 0.15) is 31.5 Å². The van der Waals surface area contributed by atoms with Gasteiger partial charge in [0.05, 0.1) is 18.7 Å². The third-order valence-electron chi connectivity index (χ3n) is 4.26. The fraction of sp³-hybridized carbons (Fsp3) is 0.471. The van der Waals surface area contributed by atoms with Gasteiger partial charge in [-0.15, -0.1) is 0 Å².